The number of hydrogen-bond donors (Lipinski definition) is 1. The third kappa shape index (κ3) is 4.17. The van der Waals surface area contributed by atoms with Crippen molar-refractivity contribution in [3.05, 3.63) is 46.8 Å². The van der Waals surface area contributed by atoms with Gasteiger partial charge in [0.2, 0.25) is 0 Å². The number of carbonyl (C=O) groups excluding carboxylic acids is 1. The average Bonchev–Trinajstić information content (AvgIpc) is 2.90. The van der Waals surface area contributed by atoms with Crippen LogP contribution in [0.5, 0.6) is 0 Å². The molecular formula is C24H35N3O. The number of aromatic nitrogens is 1. The third-order valence-electron chi connectivity index (χ3n) is 6.16. The standard InChI is InChI=1S/C24H35N3O/c1-17-21(19-9-11-20(12-10-19)24(3,4)5)22(23(25)28)18(2)27(17)16-15-26-13-7-6-8-14-26/h9-12H,6-8,13-16H2,1-5H3,(H2,25,28). The largest absolute Gasteiger partial charge is 0.366 e. The first-order valence-corrected chi connectivity index (χ1v) is 10.5. The zero-order valence-electron chi connectivity index (χ0n) is 18.1. The monoisotopic (exact) mass is 381 g/mol. The molecule has 0 bridgehead atoms. The molecule has 0 spiro atoms. The number of carbonyl (C=O) groups is 1. The van der Waals surface area contributed by atoms with E-state index >= 15 is 0 Å². The highest BCUT2D eigenvalue weighted by Crippen LogP contribution is 2.34. The van der Waals surface area contributed by atoms with E-state index in [2.05, 4.69) is 61.4 Å². The van der Waals surface area contributed by atoms with E-state index in [4.69, 9.17) is 5.73 Å². The lowest BCUT2D eigenvalue weighted by molar-refractivity contribution is 0.1000. The van der Waals surface area contributed by atoms with Crippen LogP contribution in [0.15, 0.2) is 24.3 Å². The van der Waals surface area contributed by atoms with Crippen LogP contribution in [0, 0.1) is 13.8 Å². The number of hydrogen-bond acceptors (Lipinski definition) is 2. The molecular weight excluding hydrogens is 346 g/mol. The molecule has 1 aliphatic heterocycles. The molecule has 0 atom stereocenters. The summed E-state index contributed by atoms with van der Waals surface area (Å²) in [6.07, 6.45) is 3.93. The fraction of sp³-hybridized carbons (Fsp3) is 0.542. The normalized spacial score (nSPS) is 15.8. The second-order valence-corrected chi connectivity index (χ2v) is 9.17. The third-order valence-corrected chi connectivity index (χ3v) is 6.16. The zero-order valence-corrected chi connectivity index (χ0v) is 18.1. The molecule has 1 aromatic carbocycles. The van der Waals surface area contributed by atoms with Gasteiger partial charge in [-0.25, -0.2) is 0 Å². The maximum absolute atomic E-state index is 12.3. The minimum Gasteiger partial charge on any atom is -0.366 e. The summed E-state index contributed by atoms with van der Waals surface area (Å²) in [6.45, 7) is 15.1. The number of primary amides is 1. The molecule has 2 aromatic rings. The Morgan fingerprint density at radius 2 is 1.57 bits per heavy atom. The minimum absolute atomic E-state index is 0.108. The highest BCUT2D eigenvalue weighted by molar-refractivity contribution is 6.02. The van der Waals surface area contributed by atoms with Gasteiger partial charge in [0.05, 0.1) is 5.56 Å². The zero-order chi connectivity index (χ0) is 20.5. The Kier molecular flexibility index (Phi) is 5.99. The molecule has 152 valence electrons. The SMILES string of the molecule is Cc1c(C(N)=O)c(-c2ccc(C(C)(C)C)cc2)c(C)n1CCN1CCCCC1. The first-order valence-electron chi connectivity index (χ1n) is 10.5. The van der Waals surface area contributed by atoms with Crippen molar-refractivity contribution in [1.82, 2.24) is 9.47 Å². The van der Waals surface area contributed by atoms with E-state index in [1.165, 1.54) is 37.9 Å². The van der Waals surface area contributed by atoms with Crippen molar-refractivity contribution in [2.75, 3.05) is 19.6 Å². The van der Waals surface area contributed by atoms with Gasteiger partial charge in [0, 0.05) is 30.0 Å². The second kappa shape index (κ2) is 8.12. The van der Waals surface area contributed by atoms with Crippen LogP contribution in [-0.4, -0.2) is 35.0 Å². The fourth-order valence-electron chi connectivity index (χ4n) is 4.43. The van der Waals surface area contributed by atoms with Gasteiger partial charge in [-0.05, 0) is 56.3 Å². The molecule has 0 aliphatic carbocycles. The highest BCUT2D eigenvalue weighted by atomic mass is 16.1. The Labute approximate surface area is 169 Å². The molecule has 3 rings (SSSR count). The lowest BCUT2D eigenvalue weighted by Crippen LogP contribution is -2.32. The molecule has 28 heavy (non-hydrogen) atoms. The van der Waals surface area contributed by atoms with Gasteiger partial charge in [-0.1, -0.05) is 51.5 Å². The maximum atomic E-state index is 12.3. The number of nitrogens with zero attached hydrogens (tertiary/aromatic N) is 2. The van der Waals surface area contributed by atoms with Crippen molar-refractivity contribution in [3.63, 3.8) is 0 Å². The lowest BCUT2D eigenvalue weighted by Gasteiger charge is -2.27. The number of benzene rings is 1. The van der Waals surface area contributed by atoms with Crippen LogP contribution in [0.3, 0.4) is 0 Å². The van der Waals surface area contributed by atoms with Crippen molar-refractivity contribution in [2.45, 2.75) is 65.8 Å². The molecule has 2 N–H and O–H groups in total. The number of piperidine rings is 1. The van der Waals surface area contributed by atoms with Crippen LogP contribution in [0.25, 0.3) is 11.1 Å². The van der Waals surface area contributed by atoms with E-state index in [1.807, 2.05) is 6.92 Å². The molecule has 1 saturated heterocycles. The lowest BCUT2D eigenvalue weighted by atomic mass is 9.86. The predicted molar refractivity (Wildman–Crippen MR) is 117 cm³/mol. The van der Waals surface area contributed by atoms with E-state index in [9.17, 15) is 4.79 Å². The summed E-state index contributed by atoms with van der Waals surface area (Å²) in [5.41, 5.74) is 12.0. The Morgan fingerprint density at radius 1 is 0.964 bits per heavy atom. The van der Waals surface area contributed by atoms with Gasteiger partial charge in [-0.3, -0.25) is 4.79 Å². The Bertz CT molecular complexity index is 834. The summed E-state index contributed by atoms with van der Waals surface area (Å²) >= 11 is 0. The molecule has 0 unspecified atom stereocenters. The average molecular weight is 382 g/mol. The molecule has 0 radical (unpaired) electrons. The van der Waals surface area contributed by atoms with Crippen LogP contribution >= 0.6 is 0 Å². The first-order chi connectivity index (χ1) is 13.2. The number of amides is 1. The summed E-state index contributed by atoms with van der Waals surface area (Å²) in [6, 6.07) is 8.59. The Hall–Kier alpha value is -2.07. The topological polar surface area (TPSA) is 51.3 Å². The summed E-state index contributed by atoms with van der Waals surface area (Å²) < 4.78 is 2.28. The van der Waals surface area contributed by atoms with E-state index in [0.29, 0.717) is 5.56 Å². The van der Waals surface area contributed by atoms with Gasteiger partial charge in [0.15, 0.2) is 0 Å². The number of likely N-dealkylation sites (tertiary alicyclic amines) is 1. The summed E-state index contributed by atoms with van der Waals surface area (Å²) in [5.74, 6) is -0.341. The van der Waals surface area contributed by atoms with Gasteiger partial charge >= 0.3 is 0 Å². The quantitative estimate of drug-likeness (QED) is 0.819. The number of rotatable bonds is 5. The van der Waals surface area contributed by atoms with E-state index < -0.39 is 0 Å². The van der Waals surface area contributed by atoms with Gasteiger partial charge in [0.1, 0.15) is 0 Å². The van der Waals surface area contributed by atoms with Crippen molar-refractivity contribution in [1.29, 1.82) is 0 Å². The molecule has 4 heteroatoms. The van der Waals surface area contributed by atoms with Crippen molar-refractivity contribution < 1.29 is 4.79 Å². The van der Waals surface area contributed by atoms with Crippen LogP contribution < -0.4 is 5.73 Å². The molecule has 1 aromatic heterocycles. The van der Waals surface area contributed by atoms with Gasteiger partial charge in [0.25, 0.3) is 5.91 Å². The molecule has 4 nitrogen and oxygen atoms in total. The van der Waals surface area contributed by atoms with Crippen molar-refractivity contribution >= 4 is 5.91 Å². The molecule has 0 saturated carbocycles. The van der Waals surface area contributed by atoms with Crippen LogP contribution in [0.2, 0.25) is 0 Å². The van der Waals surface area contributed by atoms with Gasteiger partial charge in [-0.2, -0.15) is 0 Å². The Morgan fingerprint density at radius 3 is 2.11 bits per heavy atom. The minimum atomic E-state index is -0.341. The second-order valence-electron chi connectivity index (χ2n) is 9.17. The summed E-state index contributed by atoms with van der Waals surface area (Å²) in [5, 5.41) is 0. The van der Waals surface area contributed by atoms with Crippen LogP contribution in [0.4, 0.5) is 0 Å². The summed E-state index contributed by atoms with van der Waals surface area (Å²) in [7, 11) is 0. The predicted octanol–water partition coefficient (Wildman–Crippen LogP) is 4.65. The van der Waals surface area contributed by atoms with Crippen molar-refractivity contribution in [3.8, 4) is 11.1 Å². The Balaban J connectivity index is 1.95. The van der Waals surface area contributed by atoms with Crippen LogP contribution in [-0.2, 0) is 12.0 Å². The van der Waals surface area contributed by atoms with E-state index in [1.54, 1.807) is 0 Å². The summed E-state index contributed by atoms with van der Waals surface area (Å²) in [4.78, 5) is 14.8. The van der Waals surface area contributed by atoms with E-state index in [0.717, 1.165) is 35.6 Å². The van der Waals surface area contributed by atoms with Gasteiger partial charge in [-0.15, -0.1) is 0 Å². The molecule has 2 heterocycles. The highest BCUT2D eigenvalue weighted by Gasteiger charge is 2.23. The number of nitrogens with two attached hydrogens (primary N) is 1. The fourth-order valence-corrected chi connectivity index (χ4v) is 4.43. The van der Waals surface area contributed by atoms with Crippen molar-refractivity contribution in [2.24, 2.45) is 5.73 Å². The van der Waals surface area contributed by atoms with Gasteiger partial charge < -0.3 is 15.2 Å². The smallest absolute Gasteiger partial charge is 0.251 e. The molecule has 1 fully saturated rings. The van der Waals surface area contributed by atoms with E-state index in [-0.39, 0.29) is 11.3 Å². The van der Waals surface area contributed by atoms with Crippen LogP contribution in [0.1, 0.15) is 67.3 Å². The maximum Gasteiger partial charge on any atom is 0.251 e. The molecule has 1 aliphatic rings. The molecule has 1 amide bonds. The first kappa shape index (κ1) is 20.7.